The number of amides is 2. The predicted octanol–water partition coefficient (Wildman–Crippen LogP) is 1.36. The molecule has 0 atom stereocenters. The lowest BCUT2D eigenvalue weighted by atomic mass is 10.3. The van der Waals surface area contributed by atoms with Crippen molar-refractivity contribution in [2.75, 3.05) is 11.9 Å². The fraction of sp³-hybridized carbons (Fsp3) is 0.250. The molecule has 2 rings (SSSR count). The number of carbonyl (C=O) groups is 2. The number of hydrogen-bond donors (Lipinski definition) is 3. The molecule has 7 nitrogen and oxygen atoms in total. The summed E-state index contributed by atoms with van der Waals surface area (Å²) in [5.74, 6) is 0.797. The predicted molar refractivity (Wildman–Crippen MR) is 82.3 cm³/mol. The van der Waals surface area contributed by atoms with Gasteiger partial charge in [-0.2, -0.15) is 0 Å². The van der Waals surface area contributed by atoms with Crippen LogP contribution in [-0.4, -0.2) is 23.3 Å². The molecule has 0 spiro atoms. The van der Waals surface area contributed by atoms with Gasteiger partial charge in [-0.1, -0.05) is 0 Å². The van der Waals surface area contributed by atoms with Gasteiger partial charge in [0.25, 0.3) is 0 Å². The number of furan rings is 1. The van der Waals surface area contributed by atoms with Crippen molar-refractivity contribution in [3.05, 3.63) is 23.3 Å². The Morgan fingerprint density at radius 2 is 2.19 bits per heavy atom. The van der Waals surface area contributed by atoms with Crippen LogP contribution in [-0.2, 0) is 16.1 Å². The minimum atomic E-state index is -0.295. The lowest BCUT2D eigenvalue weighted by Crippen LogP contribution is -2.21. The van der Waals surface area contributed by atoms with Gasteiger partial charge in [-0.05, 0) is 12.1 Å². The fourth-order valence-corrected chi connectivity index (χ4v) is 2.15. The number of nitrogens with zero attached hydrogens (tertiary/aromatic N) is 1. The number of anilines is 1. The summed E-state index contributed by atoms with van der Waals surface area (Å²) in [6.45, 7) is 1.68. The van der Waals surface area contributed by atoms with E-state index >= 15 is 0 Å². The molecule has 0 unspecified atom stereocenters. The van der Waals surface area contributed by atoms with E-state index in [4.69, 9.17) is 10.2 Å². The molecule has 21 heavy (non-hydrogen) atoms. The van der Waals surface area contributed by atoms with Crippen LogP contribution in [0.1, 0.15) is 12.7 Å². The Kier molecular flexibility index (Phi) is 6.35. The standard InChI is InChI=1S/C12H14N4O3S.ClH/c1-7(17)14-5-8-2-3-10(19-8)9-6-20-12(15-9)16-11(18)4-13;/h2-3,6H,4-5,13H2,1H3,(H,14,17)(H,15,16,18);1H. The van der Waals surface area contributed by atoms with E-state index in [0.29, 0.717) is 28.9 Å². The number of aromatic nitrogens is 1. The summed E-state index contributed by atoms with van der Waals surface area (Å²) in [6.07, 6.45) is 0. The first-order valence-electron chi connectivity index (χ1n) is 5.87. The van der Waals surface area contributed by atoms with E-state index in [1.807, 2.05) is 0 Å². The summed E-state index contributed by atoms with van der Waals surface area (Å²) >= 11 is 1.29. The van der Waals surface area contributed by atoms with Crippen molar-refractivity contribution in [2.24, 2.45) is 5.73 Å². The van der Waals surface area contributed by atoms with Gasteiger partial charge in [-0.25, -0.2) is 4.98 Å². The molecule has 0 radical (unpaired) electrons. The normalized spacial score (nSPS) is 9.81. The van der Waals surface area contributed by atoms with Gasteiger partial charge in [0.05, 0.1) is 13.1 Å². The van der Waals surface area contributed by atoms with Crippen molar-refractivity contribution in [3.8, 4) is 11.5 Å². The molecule has 0 aliphatic rings. The van der Waals surface area contributed by atoms with E-state index in [1.54, 1.807) is 17.5 Å². The largest absolute Gasteiger partial charge is 0.458 e. The second-order valence-electron chi connectivity index (χ2n) is 3.97. The fourth-order valence-electron chi connectivity index (χ4n) is 1.44. The minimum absolute atomic E-state index is 0. The summed E-state index contributed by atoms with van der Waals surface area (Å²) in [6, 6.07) is 3.53. The summed E-state index contributed by atoms with van der Waals surface area (Å²) in [4.78, 5) is 26.2. The van der Waals surface area contributed by atoms with Crippen LogP contribution < -0.4 is 16.4 Å². The Bertz CT molecular complexity index is 626. The van der Waals surface area contributed by atoms with Gasteiger partial charge in [0.2, 0.25) is 11.8 Å². The Morgan fingerprint density at radius 1 is 1.43 bits per heavy atom. The molecule has 9 heteroatoms. The molecule has 2 amide bonds. The highest BCUT2D eigenvalue weighted by Crippen LogP contribution is 2.26. The van der Waals surface area contributed by atoms with Crippen LogP contribution in [0, 0.1) is 0 Å². The van der Waals surface area contributed by atoms with Crippen LogP contribution >= 0.6 is 23.7 Å². The van der Waals surface area contributed by atoms with Crippen molar-refractivity contribution in [1.82, 2.24) is 10.3 Å². The Morgan fingerprint density at radius 3 is 2.86 bits per heavy atom. The molecule has 0 fully saturated rings. The first-order chi connectivity index (χ1) is 9.58. The second kappa shape index (κ2) is 7.77. The molecule has 0 saturated carbocycles. The van der Waals surface area contributed by atoms with Crippen LogP contribution in [0.3, 0.4) is 0 Å². The quantitative estimate of drug-likeness (QED) is 0.766. The maximum absolute atomic E-state index is 11.1. The van der Waals surface area contributed by atoms with Gasteiger partial charge < -0.3 is 20.8 Å². The van der Waals surface area contributed by atoms with Gasteiger partial charge >= 0.3 is 0 Å². The average molecular weight is 331 g/mol. The van der Waals surface area contributed by atoms with Crippen LogP contribution in [0.4, 0.5) is 5.13 Å². The van der Waals surface area contributed by atoms with Gasteiger partial charge in [0.1, 0.15) is 11.5 Å². The molecular formula is C12H15ClN4O3S. The van der Waals surface area contributed by atoms with Crippen LogP contribution in [0.25, 0.3) is 11.5 Å². The Hall–Kier alpha value is -1.90. The molecule has 0 aliphatic carbocycles. The summed E-state index contributed by atoms with van der Waals surface area (Å²) in [5.41, 5.74) is 5.83. The molecular weight excluding hydrogens is 316 g/mol. The molecule has 0 aromatic carbocycles. The SMILES string of the molecule is CC(=O)NCc1ccc(-c2csc(NC(=O)CN)n2)o1.Cl. The van der Waals surface area contributed by atoms with Crippen molar-refractivity contribution in [2.45, 2.75) is 13.5 Å². The molecule has 114 valence electrons. The number of halogens is 1. The van der Waals surface area contributed by atoms with Crippen molar-refractivity contribution in [3.63, 3.8) is 0 Å². The topological polar surface area (TPSA) is 110 Å². The van der Waals surface area contributed by atoms with Crippen molar-refractivity contribution < 1.29 is 14.0 Å². The van der Waals surface area contributed by atoms with E-state index in [0.717, 1.165) is 0 Å². The highest BCUT2D eigenvalue weighted by Gasteiger charge is 2.10. The number of hydrogen-bond acceptors (Lipinski definition) is 6. The molecule has 2 aromatic heterocycles. The third kappa shape index (κ3) is 4.85. The lowest BCUT2D eigenvalue weighted by Gasteiger charge is -1.97. The summed E-state index contributed by atoms with van der Waals surface area (Å²) in [7, 11) is 0. The van der Waals surface area contributed by atoms with E-state index in [-0.39, 0.29) is 30.8 Å². The van der Waals surface area contributed by atoms with Crippen LogP contribution in [0.2, 0.25) is 0 Å². The van der Waals surface area contributed by atoms with E-state index in [9.17, 15) is 9.59 Å². The Labute approximate surface area is 131 Å². The zero-order chi connectivity index (χ0) is 14.5. The highest BCUT2D eigenvalue weighted by molar-refractivity contribution is 7.14. The maximum atomic E-state index is 11.1. The highest BCUT2D eigenvalue weighted by atomic mass is 35.5. The molecule has 0 aliphatic heterocycles. The molecule has 2 heterocycles. The monoisotopic (exact) mass is 330 g/mol. The molecule has 2 aromatic rings. The number of nitrogens with one attached hydrogen (secondary N) is 2. The van der Waals surface area contributed by atoms with Gasteiger partial charge in [-0.3, -0.25) is 9.59 Å². The zero-order valence-electron chi connectivity index (χ0n) is 11.2. The van der Waals surface area contributed by atoms with Crippen molar-refractivity contribution >= 4 is 40.7 Å². The Balaban J connectivity index is 0.00000220. The third-order valence-electron chi connectivity index (χ3n) is 2.36. The van der Waals surface area contributed by atoms with E-state index < -0.39 is 0 Å². The maximum Gasteiger partial charge on any atom is 0.239 e. The van der Waals surface area contributed by atoms with E-state index in [2.05, 4.69) is 15.6 Å². The average Bonchev–Trinajstić information content (AvgIpc) is 3.04. The van der Waals surface area contributed by atoms with Gasteiger partial charge in [0.15, 0.2) is 10.9 Å². The van der Waals surface area contributed by atoms with E-state index in [1.165, 1.54) is 18.3 Å². The summed E-state index contributed by atoms with van der Waals surface area (Å²) < 4.78 is 5.56. The van der Waals surface area contributed by atoms with Gasteiger partial charge in [0, 0.05) is 12.3 Å². The van der Waals surface area contributed by atoms with Crippen LogP contribution in [0.15, 0.2) is 21.9 Å². The first kappa shape index (κ1) is 17.2. The van der Waals surface area contributed by atoms with Crippen molar-refractivity contribution in [1.29, 1.82) is 0 Å². The number of carbonyl (C=O) groups excluding carboxylic acids is 2. The third-order valence-corrected chi connectivity index (χ3v) is 3.12. The number of rotatable bonds is 5. The van der Waals surface area contributed by atoms with Gasteiger partial charge in [-0.15, -0.1) is 23.7 Å². The first-order valence-corrected chi connectivity index (χ1v) is 6.75. The smallest absolute Gasteiger partial charge is 0.239 e. The number of nitrogens with two attached hydrogens (primary N) is 1. The number of thiazole rings is 1. The minimum Gasteiger partial charge on any atom is -0.458 e. The van der Waals surface area contributed by atoms with Crippen LogP contribution in [0.5, 0.6) is 0 Å². The second-order valence-corrected chi connectivity index (χ2v) is 4.82. The molecule has 0 saturated heterocycles. The zero-order valence-corrected chi connectivity index (χ0v) is 12.8. The lowest BCUT2D eigenvalue weighted by molar-refractivity contribution is -0.119. The summed E-state index contributed by atoms with van der Waals surface area (Å²) in [5, 5.41) is 7.46. The molecule has 0 bridgehead atoms. The molecule has 4 N–H and O–H groups in total.